The third-order valence-electron chi connectivity index (χ3n) is 8.15. The molecule has 11 heteroatoms. The van der Waals surface area contributed by atoms with E-state index < -0.39 is 16.6 Å². The van der Waals surface area contributed by atoms with E-state index in [4.69, 9.17) is 24.1 Å². The first-order valence-electron chi connectivity index (χ1n) is 13.9. The van der Waals surface area contributed by atoms with Crippen molar-refractivity contribution in [2.75, 3.05) is 31.4 Å². The van der Waals surface area contributed by atoms with Crippen LogP contribution in [0.1, 0.15) is 66.9 Å². The molecular formula is C29H51IN4O4Si2. The SMILES string of the molecule is COc1cc(C(C)C)c(Oc2cnc(NC(CO[Si](C)(C)C(C)(C)C)CO[Si](C)(C)C(C)(C)C)nc2N)cc1I. The molecule has 0 saturated carbocycles. The van der Waals surface area contributed by atoms with Crippen molar-refractivity contribution in [3.8, 4) is 17.2 Å². The van der Waals surface area contributed by atoms with E-state index in [0.29, 0.717) is 30.7 Å². The Morgan fingerprint density at radius 3 is 1.85 bits per heavy atom. The highest BCUT2D eigenvalue weighted by Crippen LogP contribution is 2.39. The molecule has 0 radical (unpaired) electrons. The Labute approximate surface area is 257 Å². The van der Waals surface area contributed by atoms with Crippen LogP contribution in [-0.4, -0.2) is 53.0 Å². The predicted molar refractivity (Wildman–Crippen MR) is 180 cm³/mol. The lowest BCUT2D eigenvalue weighted by Crippen LogP contribution is -2.47. The number of hydrogen-bond donors (Lipinski definition) is 2. The molecule has 0 bridgehead atoms. The molecule has 0 aliphatic carbocycles. The van der Waals surface area contributed by atoms with Crippen molar-refractivity contribution in [1.29, 1.82) is 0 Å². The lowest BCUT2D eigenvalue weighted by atomic mass is 10.0. The van der Waals surface area contributed by atoms with E-state index in [-0.39, 0.29) is 27.9 Å². The molecule has 1 aromatic heterocycles. The number of benzene rings is 1. The van der Waals surface area contributed by atoms with Crippen molar-refractivity contribution in [3.63, 3.8) is 0 Å². The van der Waals surface area contributed by atoms with Crippen molar-refractivity contribution in [2.45, 2.75) is 104 Å². The van der Waals surface area contributed by atoms with Crippen LogP contribution in [0.2, 0.25) is 36.3 Å². The summed E-state index contributed by atoms with van der Waals surface area (Å²) in [5, 5.41) is 3.64. The normalized spacial score (nSPS) is 13.2. The molecule has 1 aromatic carbocycles. The topological polar surface area (TPSA) is 101 Å². The van der Waals surface area contributed by atoms with Gasteiger partial charge < -0.3 is 29.4 Å². The average Bonchev–Trinajstić information content (AvgIpc) is 2.81. The van der Waals surface area contributed by atoms with Gasteiger partial charge in [-0.3, -0.25) is 0 Å². The summed E-state index contributed by atoms with van der Waals surface area (Å²) < 4.78 is 25.8. The van der Waals surface area contributed by atoms with Crippen LogP contribution in [0.25, 0.3) is 0 Å². The van der Waals surface area contributed by atoms with Crippen LogP contribution < -0.4 is 20.5 Å². The molecule has 40 heavy (non-hydrogen) atoms. The monoisotopic (exact) mass is 702 g/mol. The van der Waals surface area contributed by atoms with Gasteiger partial charge in [0.15, 0.2) is 28.2 Å². The summed E-state index contributed by atoms with van der Waals surface area (Å²) in [5.41, 5.74) is 7.39. The average molecular weight is 703 g/mol. The molecule has 1 heterocycles. The number of anilines is 2. The highest BCUT2D eigenvalue weighted by Gasteiger charge is 2.39. The van der Waals surface area contributed by atoms with Gasteiger partial charge in [0.25, 0.3) is 0 Å². The number of nitrogens with zero attached hydrogens (tertiary/aromatic N) is 2. The van der Waals surface area contributed by atoms with E-state index >= 15 is 0 Å². The summed E-state index contributed by atoms with van der Waals surface area (Å²) in [4.78, 5) is 9.09. The number of hydrogen-bond acceptors (Lipinski definition) is 8. The van der Waals surface area contributed by atoms with Gasteiger partial charge in [0.2, 0.25) is 5.95 Å². The largest absolute Gasteiger partial charge is 0.496 e. The van der Waals surface area contributed by atoms with E-state index in [9.17, 15) is 0 Å². The second kappa shape index (κ2) is 13.3. The first kappa shape index (κ1) is 34.8. The van der Waals surface area contributed by atoms with Crippen LogP contribution in [0.5, 0.6) is 17.2 Å². The summed E-state index contributed by atoms with van der Waals surface area (Å²) in [5.74, 6) is 2.82. The van der Waals surface area contributed by atoms with Crippen LogP contribution in [0, 0.1) is 3.57 Å². The lowest BCUT2D eigenvalue weighted by molar-refractivity contribution is 0.206. The molecule has 0 amide bonds. The van der Waals surface area contributed by atoms with Crippen molar-refractivity contribution in [2.24, 2.45) is 0 Å². The maximum Gasteiger partial charge on any atom is 0.225 e. The van der Waals surface area contributed by atoms with E-state index in [1.165, 1.54) is 0 Å². The first-order chi connectivity index (χ1) is 18.2. The highest BCUT2D eigenvalue weighted by atomic mass is 127. The smallest absolute Gasteiger partial charge is 0.225 e. The molecule has 0 unspecified atom stereocenters. The minimum Gasteiger partial charge on any atom is -0.496 e. The second-order valence-corrected chi connectivity index (χ2v) is 24.5. The van der Waals surface area contributed by atoms with Crippen molar-refractivity contribution < 1.29 is 18.3 Å². The van der Waals surface area contributed by atoms with E-state index in [2.05, 4.69) is 119 Å². The standard InChI is InChI=1S/C29H51IN4O4Si2/c1-19(2)21-14-24(35-9)22(30)15-23(21)38-25-16-32-27(34-26(25)31)33-20(17-36-39(10,11)28(3,4)5)18-37-40(12,13)29(6,7)8/h14-16,19-20H,17-18H2,1-13H3,(H3,31,32,33,34). The van der Waals surface area contributed by atoms with Crippen LogP contribution in [0.3, 0.4) is 0 Å². The first-order valence-corrected chi connectivity index (χ1v) is 20.8. The Bertz CT molecular complexity index is 1120. The maximum atomic E-state index is 6.57. The number of halogens is 1. The van der Waals surface area contributed by atoms with E-state index in [1.54, 1.807) is 13.3 Å². The number of methoxy groups -OCH3 is 1. The third kappa shape index (κ3) is 9.04. The number of aromatic nitrogens is 2. The summed E-state index contributed by atoms with van der Waals surface area (Å²) in [7, 11) is -2.26. The van der Waals surface area contributed by atoms with Crippen LogP contribution in [0.15, 0.2) is 18.3 Å². The predicted octanol–water partition coefficient (Wildman–Crippen LogP) is 8.41. The van der Waals surface area contributed by atoms with Crippen molar-refractivity contribution in [1.82, 2.24) is 9.97 Å². The Hall–Kier alpha value is -1.42. The summed E-state index contributed by atoms with van der Waals surface area (Å²) in [6.07, 6.45) is 1.62. The Morgan fingerprint density at radius 2 is 1.43 bits per heavy atom. The molecule has 0 aliphatic heterocycles. The van der Waals surface area contributed by atoms with Gasteiger partial charge in [-0.2, -0.15) is 4.98 Å². The summed E-state index contributed by atoms with van der Waals surface area (Å²) in [6, 6.07) is 3.82. The number of rotatable bonds is 12. The molecule has 0 fully saturated rings. The van der Waals surface area contributed by atoms with Crippen LogP contribution in [-0.2, 0) is 8.85 Å². The van der Waals surface area contributed by atoms with E-state index in [1.807, 2.05) is 12.1 Å². The van der Waals surface area contributed by atoms with Gasteiger partial charge in [-0.1, -0.05) is 55.4 Å². The maximum absolute atomic E-state index is 6.57. The fourth-order valence-corrected chi connectivity index (χ4v) is 6.02. The van der Waals surface area contributed by atoms with Gasteiger partial charge in [-0.25, -0.2) is 4.98 Å². The molecular weight excluding hydrogens is 651 g/mol. The third-order valence-corrected chi connectivity index (χ3v) is 18.0. The van der Waals surface area contributed by atoms with Crippen molar-refractivity contribution >= 4 is 51.0 Å². The van der Waals surface area contributed by atoms with Gasteiger partial charge in [-0.05, 0) is 76.9 Å². The van der Waals surface area contributed by atoms with Crippen LogP contribution >= 0.6 is 22.6 Å². The number of nitrogen functional groups attached to an aromatic ring is 1. The van der Waals surface area contributed by atoms with Gasteiger partial charge >= 0.3 is 0 Å². The van der Waals surface area contributed by atoms with Gasteiger partial charge in [0.1, 0.15) is 11.5 Å². The number of nitrogens with two attached hydrogens (primary N) is 1. The summed E-state index contributed by atoms with van der Waals surface area (Å²) in [6.45, 7) is 27.7. The minimum atomic E-state index is -1.97. The Balaban J connectivity index is 2.29. The van der Waals surface area contributed by atoms with Crippen molar-refractivity contribution in [3.05, 3.63) is 27.5 Å². The molecule has 0 aliphatic rings. The minimum absolute atomic E-state index is 0.103. The lowest BCUT2D eigenvalue weighted by Gasteiger charge is -2.39. The fourth-order valence-electron chi connectivity index (χ4n) is 3.26. The highest BCUT2D eigenvalue weighted by molar-refractivity contribution is 14.1. The van der Waals surface area contributed by atoms with E-state index in [0.717, 1.165) is 14.9 Å². The molecule has 3 N–H and O–H groups in total. The zero-order valence-corrected chi connectivity index (χ0v) is 30.9. The summed E-state index contributed by atoms with van der Waals surface area (Å²) >= 11 is 2.24. The quantitative estimate of drug-likeness (QED) is 0.168. The van der Waals surface area contributed by atoms with Crippen LogP contribution in [0.4, 0.5) is 11.8 Å². The molecule has 2 aromatic rings. The second-order valence-electron chi connectivity index (χ2n) is 13.7. The molecule has 0 saturated heterocycles. The zero-order valence-electron chi connectivity index (χ0n) is 26.8. The van der Waals surface area contributed by atoms with Gasteiger partial charge in [0, 0.05) is 5.56 Å². The molecule has 0 spiro atoms. The number of nitrogens with one attached hydrogen (secondary N) is 1. The molecule has 226 valence electrons. The molecule has 0 atom stereocenters. The fraction of sp³-hybridized carbons (Fsp3) is 0.655. The van der Waals surface area contributed by atoms with Gasteiger partial charge in [-0.15, -0.1) is 0 Å². The van der Waals surface area contributed by atoms with Gasteiger partial charge in [0.05, 0.1) is 36.1 Å². The zero-order chi connectivity index (χ0) is 30.7. The molecule has 2 rings (SSSR count). The Kier molecular flexibility index (Phi) is 11.5. The molecule has 8 nitrogen and oxygen atoms in total. The number of ether oxygens (including phenoxy) is 2. The Morgan fingerprint density at radius 1 is 0.900 bits per heavy atom.